The van der Waals surface area contributed by atoms with Crippen molar-refractivity contribution in [1.29, 1.82) is 0 Å². The minimum Gasteiger partial charge on any atom is -0.456 e. The van der Waals surface area contributed by atoms with Crippen LogP contribution in [0.1, 0.15) is 34.7 Å². The van der Waals surface area contributed by atoms with E-state index < -0.39 is 5.91 Å². The number of aryl methyl sites for hydroxylation is 1. The Kier molecular flexibility index (Phi) is 5.28. The molecule has 0 radical (unpaired) electrons. The van der Waals surface area contributed by atoms with Crippen LogP contribution in [-0.2, 0) is 6.54 Å². The number of carbonyl (C=O) groups excluding carboxylic acids is 1. The third-order valence-electron chi connectivity index (χ3n) is 4.31. The Labute approximate surface area is 145 Å². The molecule has 1 aromatic carbocycles. The van der Waals surface area contributed by atoms with E-state index in [9.17, 15) is 14.0 Å². The zero-order valence-corrected chi connectivity index (χ0v) is 14.1. The maximum atomic E-state index is 13.8. The fourth-order valence-corrected chi connectivity index (χ4v) is 3.16. The molecule has 5 nitrogen and oxygen atoms in total. The van der Waals surface area contributed by atoms with Gasteiger partial charge in [-0.3, -0.25) is 14.5 Å². The maximum absolute atomic E-state index is 13.8. The Morgan fingerprint density at radius 1 is 1.36 bits per heavy atom. The Hall–Kier alpha value is -2.47. The molecule has 1 fully saturated rings. The third kappa shape index (κ3) is 4.54. The number of piperidine rings is 1. The number of nitrogens with zero attached hydrogens (tertiary/aromatic N) is 1. The van der Waals surface area contributed by atoms with E-state index in [4.69, 9.17) is 4.42 Å². The van der Waals surface area contributed by atoms with Crippen molar-refractivity contribution < 1.29 is 13.6 Å². The monoisotopic (exact) mass is 344 g/mol. The third-order valence-corrected chi connectivity index (χ3v) is 4.31. The lowest BCUT2D eigenvalue weighted by molar-refractivity contribution is 0.0868. The number of likely N-dealkylation sites (tertiary alicyclic amines) is 1. The van der Waals surface area contributed by atoms with Crippen LogP contribution in [0.2, 0.25) is 0 Å². The molecule has 0 aliphatic carbocycles. The van der Waals surface area contributed by atoms with Crippen molar-refractivity contribution in [2.24, 2.45) is 0 Å². The summed E-state index contributed by atoms with van der Waals surface area (Å²) in [7, 11) is 0. The van der Waals surface area contributed by atoms with Gasteiger partial charge in [-0.2, -0.15) is 0 Å². The van der Waals surface area contributed by atoms with Gasteiger partial charge in [0.25, 0.3) is 5.91 Å². The van der Waals surface area contributed by atoms with Gasteiger partial charge in [-0.05, 0) is 32.4 Å². The molecule has 1 atom stereocenters. The standard InChI is InChI=1S/C19H21FN2O3/c1-13-9-16(23)10-18(25-13)19(24)21-15-6-4-8-22(12-15)11-14-5-2-3-7-17(14)20/h2-3,5,7,9-10,15H,4,6,8,11-12H2,1H3,(H,21,24)/t15-/m1/s1. The number of halogens is 1. The zero-order chi connectivity index (χ0) is 17.8. The smallest absolute Gasteiger partial charge is 0.287 e. The predicted molar refractivity (Wildman–Crippen MR) is 91.9 cm³/mol. The van der Waals surface area contributed by atoms with E-state index in [2.05, 4.69) is 10.2 Å². The molecule has 3 rings (SSSR count). The molecule has 1 aromatic heterocycles. The number of nitrogens with one attached hydrogen (secondary N) is 1. The van der Waals surface area contributed by atoms with Gasteiger partial charge in [-0.1, -0.05) is 18.2 Å². The summed E-state index contributed by atoms with van der Waals surface area (Å²) in [6.07, 6.45) is 1.76. The number of benzene rings is 1. The molecule has 6 heteroatoms. The van der Waals surface area contributed by atoms with Crippen LogP contribution in [0.4, 0.5) is 4.39 Å². The number of carbonyl (C=O) groups is 1. The lowest BCUT2D eigenvalue weighted by Crippen LogP contribution is -2.47. The van der Waals surface area contributed by atoms with Gasteiger partial charge in [0.05, 0.1) is 0 Å². The number of amides is 1. The fraction of sp³-hybridized carbons (Fsp3) is 0.368. The molecular weight excluding hydrogens is 323 g/mol. The van der Waals surface area contributed by atoms with Crippen LogP contribution in [0, 0.1) is 12.7 Å². The van der Waals surface area contributed by atoms with Crippen LogP contribution in [0.25, 0.3) is 0 Å². The topological polar surface area (TPSA) is 62.6 Å². The van der Waals surface area contributed by atoms with Crippen LogP contribution in [-0.4, -0.2) is 29.9 Å². The van der Waals surface area contributed by atoms with Crippen molar-refractivity contribution in [3.63, 3.8) is 0 Å². The number of hydrogen-bond acceptors (Lipinski definition) is 4. The summed E-state index contributed by atoms with van der Waals surface area (Å²) < 4.78 is 19.1. The summed E-state index contributed by atoms with van der Waals surface area (Å²) in [6, 6.07) is 9.21. The van der Waals surface area contributed by atoms with Gasteiger partial charge in [0.1, 0.15) is 11.6 Å². The molecule has 1 aliphatic heterocycles. The lowest BCUT2D eigenvalue weighted by atomic mass is 10.0. The summed E-state index contributed by atoms with van der Waals surface area (Å²) in [5, 5.41) is 2.91. The zero-order valence-electron chi connectivity index (χ0n) is 14.1. The first kappa shape index (κ1) is 17.4. The Morgan fingerprint density at radius 2 is 2.16 bits per heavy atom. The lowest BCUT2D eigenvalue weighted by Gasteiger charge is -2.33. The van der Waals surface area contributed by atoms with Crippen molar-refractivity contribution in [3.05, 3.63) is 69.5 Å². The SMILES string of the molecule is Cc1cc(=O)cc(C(=O)N[C@@H]2CCCN(Cc3ccccc3F)C2)o1. The van der Waals surface area contributed by atoms with Crippen LogP contribution in [0.3, 0.4) is 0 Å². The van der Waals surface area contributed by atoms with E-state index in [0.29, 0.717) is 24.4 Å². The Morgan fingerprint density at radius 3 is 2.92 bits per heavy atom. The molecule has 1 aliphatic rings. The van der Waals surface area contributed by atoms with Gasteiger partial charge in [-0.25, -0.2) is 4.39 Å². The molecular formula is C19H21FN2O3. The molecule has 1 saturated heterocycles. The normalized spacial score (nSPS) is 18.1. The molecule has 2 aromatic rings. The summed E-state index contributed by atoms with van der Waals surface area (Å²) >= 11 is 0. The van der Waals surface area contributed by atoms with Gasteiger partial charge < -0.3 is 9.73 Å². The van der Waals surface area contributed by atoms with Gasteiger partial charge in [0, 0.05) is 36.8 Å². The van der Waals surface area contributed by atoms with Crippen LogP contribution in [0.15, 0.2) is 45.6 Å². The van der Waals surface area contributed by atoms with Crippen LogP contribution in [0.5, 0.6) is 0 Å². The van der Waals surface area contributed by atoms with Gasteiger partial charge in [0.2, 0.25) is 0 Å². The first-order valence-corrected chi connectivity index (χ1v) is 8.39. The highest BCUT2D eigenvalue weighted by Crippen LogP contribution is 2.16. The van der Waals surface area contributed by atoms with E-state index in [1.54, 1.807) is 19.1 Å². The number of hydrogen-bond donors (Lipinski definition) is 1. The Balaban J connectivity index is 1.62. The second-order valence-corrected chi connectivity index (χ2v) is 6.41. The van der Waals surface area contributed by atoms with E-state index in [1.165, 1.54) is 18.2 Å². The highest BCUT2D eigenvalue weighted by molar-refractivity contribution is 5.91. The molecule has 0 spiro atoms. The summed E-state index contributed by atoms with van der Waals surface area (Å²) in [5.41, 5.74) is 0.401. The molecule has 1 N–H and O–H groups in total. The van der Waals surface area contributed by atoms with E-state index in [1.807, 2.05) is 6.07 Å². The molecule has 2 heterocycles. The molecule has 0 unspecified atom stereocenters. The largest absolute Gasteiger partial charge is 0.456 e. The van der Waals surface area contributed by atoms with Gasteiger partial charge in [-0.15, -0.1) is 0 Å². The summed E-state index contributed by atoms with van der Waals surface area (Å²) in [5.74, 6) is -0.174. The van der Waals surface area contributed by atoms with Crippen LogP contribution >= 0.6 is 0 Å². The highest BCUT2D eigenvalue weighted by Gasteiger charge is 2.23. The minimum atomic E-state index is -0.390. The van der Waals surface area contributed by atoms with E-state index >= 15 is 0 Å². The van der Waals surface area contributed by atoms with Crippen molar-refractivity contribution in [2.45, 2.75) is 32.4 Å². The minimum absolute atomic E-state index is 0.0243. The second kappa shape index (κ2) is 7.61. The van der Waals surface area contributed by atoms with E-state index in [0.717, 1.165) is 19.4 Å². The number of rotatable bonds is 4. The second-order valence-electron chi connectivity index (χ2n) is 6.41. The van der Waals surface area contributed by atoms with Crippen molar-refractivity contribution in [3.8, 4) is 0 Å². The van der Waals surface area contributed by atoms with Crippen LogP contribution < -0.4 is 10.7 Å². The van der Waals surface area contributed by atoms with Crippen molar-refractivity contribution >= 4 is 5.91 Å². The Bertz CT molecular complexity index is 818. The highest BCUT2D eigenvalue weighted by atomic mass is 19.1. The average molecular weight is 344 g/mol. The average Bonchev–Trinajstić information content (AvgIpc) is 2.56. The molecule has 25 heavy (non-hydrogen) atoms. The van der Waals surface area contributed by atoms with Gasteiger partial charge in [0.15, 0.2) is 11.2 Å². The fourth-order valence-electron chi connectivity index (χ4n) is 3.16. The molecule has 0 saturated carbocycles. The quantitative estimate of drug-likeness (QED) is 0.926. The van der Waals surface area contributed by atoms with Crippen molar-refractivity contribution in [2.75, 3.05) is 13.1 Å². The van der Waals surface area contributed by atoms with Crippen molar-refractivity contribution in [1.82, 2.24) is 10.2 Å². The predicted octanol–water partition coefficient (Wildman–Crippen LogP) is 2.48. The first-order chi connectivity index (χ1) is 12.0. The van der Waals surface area contributed by atoms with Gasteiger partial charge >= 0.3 is 0 Å². The molecule has 132 valence electrons. The summed E-state index contributed by atoms with van der Waals surface area (Å²) in [4.78, 5) is 25.9. The maximum Gasteiger partial charge on any atom is 0.287 e. The molecule has 1 amide bonds. The molecule has 0 bridgehead atoms. The van der Waals surface area contributed by atoms with E-state index in [-0.39, 0.29) is 23.0 Å². The summed E-state index contributed by atoms with van der Waals surface area (Å²) in [6.45, 7) is 3.64. The first-order valence-electron chi connectivity index (χ1n) is 8.39.